The summed E-state index contributed by atoms with van der Waals surface area (Å²) in [5, 5.41) is 2.93. The Bertz CT molecular complexity index is 887. The molecule has 0 saturated carbocycles. The first kappa shape index (κ1) is 19.2. The van der Waals surface area contributed by atoms with Gasteiger partial charge in [-0.3, -0.25) is 4.79 Å². The van der Waals surface area contributed by atoms with Crippen molar-refractivity contribution in [3.63, 3.8) is 0 Å². The third-order valence-corrected chi connectivity index (χ3v) is 5.23. The molecule has 3 rings (SSSR count). The molecule has 1 heterocycles. The minimum Gasteiger partial charge on any atom is -0.306 e. The lowest BCUT2D eigenvalue weighted by molar-refractivity contribution is -0.118. The Kier molecular flexibility index (Phi) is 6.35. The number of hydrogen-bond acceptors (Lipinski definition) is 3. The van der Waals surface area contributed by atoms with Crippen molar-refractivity contribution in [1.82, 2.24) is 4.98 Å². The van der Waals surface area contributed by atoms with Gasteiger partial charge in [0.15, 0.2) is 0 Å². The highest BCUT2D eigenvalue weighted by Gasteiger charge is 2.17. The molecule has 2 aromatic carbocycles. The van der Waals surface area contributed by atoms with E-state index in [1.165, 1.54) is 23.3 Å². The number of carbonyl (C=O) groups is 1. The molecule has 0 spiro atoms. The van der Waals surface area contributed by atoms with Crippen molar-refractivity contribution in [3.8, 4) is 0 Å². The lowest BCUT2D eigenvalue weighted by Crippen LogP contribution is -2.30. The fraction of sp³-hybridized carbons (Fsp3) is 0.273. The standard InChI is InChI=1S/C22H23FN2OS/c1-16-6-8-18(9-7-16)4-3-5-22(26)25(14-20-15-27-17(2)24-20)21-12-10-19(23)11-13-21/h6-13,15H,3-5,14H2,1-2H3. The second kappa shape index (κ2) is 8.91. The van der Waals surface area contributed by atoms with Crippen LogP contribution in [0.3, 0.4) is 0 Å². The highest BCUT2D eigenvalue weighted by atomic mass is 32.1. The predicted octanol–water partition coefficient (Wildman–Crippen LogP) is 5.46. The molecule has 0 aliphatic heterocycles. The molecule has 27 heavy (non-hydrogen) atoms. The Morgan fingerprint density at radius 3 is 2.41 bits per heavy atom. The highest BCUT2D eigenvalue weighted by Crippen LogP contribution is 2.21. The van der Waals surface area contributed by atoms with Crippen molar-refractivity contribution >= 4 is 22.9 Å². The second-order valence-electron chi connectivity index (χ2n) is 6.65. The van der Waals surface area contributed by atoms with Gasteiger partial charge in [0.25, 0.3) is 0 Å². The molecule has 0 atom stereocenters. The van der Waals surface area contributed by atoms with Crippen LogP contribution in [0.4, 0.5) is 10.1 Å². The summed E-state index contributed by atoms with van der Waals surface area (Å²) in [5.41, 5.74) is 4.02. The molecule has 0 fully saturated rings. The normalized spacial score (nSPS) is 10.8. The molecule has 1 aromatic heterocycles. The molecule has 1 amide bonds. The quantitative estimate of drug-likeness (QED) is 0.544. The van der Waals surface area contributed by atoms with E-state index in [9.17, 15) is 9.18 Å². The van der Waals surface area contributed by atoms with E-state index < -0.39 is 0 Å². The summed E-state index contributed by atoms with van der Waals surface area (Å²) in [6, 6.07) is 14.4. The van der Waals surface area contributed by atoms with Crippen LogP contribution in [0.5, 0.6) is 0 Å². The average molecular weight is 383 g/mol. The van der Waals surface area contributed by atoms with E-state index >= 15 is 0 Å². The van der Waals surface area contributed by atoms with Gasteiger partial charge in [0.1, 0.15) is 5.82 Å². The number of carbonyl (C=O) groups excluding carboxylic acids is 1. The van der Waals surface area contributed by atoms with Crippen molar-refractivity contribution in [1.29, 1.82) is 0 Å². The monoisotopic (exact) mass is 382 g/mol. The van der Waals surface area contributed by atoms with Gasteiger partial charge < -0.3 is 4.90 Å². The maximum Gasteiger partial charge on any atom is 0.227 e. The largest absolute Gasteiger partial charge is 0.306 e. The molecule has 0 N–H and O–H groups in total. The molecular weight excluding hydrogens is 359 g/mol. The van der Waals surface area contributed by atoms with Crippen LogP contribution in [0.2, 0.25) is 0 Å². The SMILES string of the molecule is Cc1ccc(CCCC(=O)N(Cc2csc(C)n2)c2ccc(F)cc2)cc1. The number of aryl methyl sites for hydroxylation is 3. The molecule has 0 radical (unpaired) electrons. The van der Waals surface area contributed by atoms with Gasteiger partial charge in [-0.05, 0) is 56.5 Å². The van der Waals surface area contributed by atoms with E-state index in [1.54, 1.807) is 28.4 Å². The van der Waals surface area contributed by atoms with Crippen LogP contribution in [-0.2, 0) is 17.8 Å². The van der Waals surface area contributed by atoms with Crippen LogP contribution in [0, 0.1) is 19.7 Å². The third kappa shape index (κ3) is 5.47. The Hall–Kier alpha value is -2.53. The number of amides is 1. The molecule has 3 nitrogen and oxygen atoms in total. The zero-order chi connectivity index (χ0) is 19.2. The number of rotatable bonds is 7. The summed E-state index contributed by atoms with van der Waals surface area (Å²) >= 11 is 1.56. The lowest BCUT2D eigenvalue weighted by atomic mass is 10.1. The van der Waals surface area contributed by atoms with Gasteiger partial charge in [0, 0.05) is 17.5 Å². The van der Waals surface area contributed by atoms with E-state index in [0.717, 1.165) is 23.5 Å². The zero-order valence-electron chi connectivity index (χ0n) is 15.6. The summed E-state index contributed by atoms with van der Waals surface area (Å²) < 4.78 is 13.3. The Balaban J connectivity index is 1.67. The Labute approximate surface area is 163 Å². The average Bonchev–Trinajstić information content (AvgIpc) is 3.07. The van der Waals surface area contributed by atoms with Crippen LogP contribution in [-0.4, -0.2) is 10.9 Å². The number of hydrogen-bond donors (Lipinski definition) is 0. The molecule has 3 aromatic rings. The van der Waals surface area contributed by atoms with E-state index in [2.05, 4.69) is 36.2 Å². The smallest absolute Gasteiger partial charge is 0.227 e. The van der Waals surface area contributed by atoms with Gasteiger partial charge in [-0.2, -0.15) is 0 Å². The second-order valence-corrected chi connectivity index (χ2v) is 7.72. The molecule has 0 bridgehead atoms. The molecule has 140 valence electrons. The topological polar surface area (TPSA) is 33.2 Å². The fourth-order valence-electron chi connectivity index (χ4n) is 2.92. The minimum atomic E-state index is -0.310. The maximum absolute atomic E-state index is 13.3. The number of halogens is 1. The minimum absolute atomic E-state index is 0.0272. The van der Waals surface area contributed by atoms with Crippen LogP contribution in [0.25, 0.3) is 0 Å². The van der Waals surface area contributed by atoms with Crippen LogP contribution < -0.4 is 4.90 Å². The molecular formula is C22H23FN2OS. The highest BCUT2D eigenvalue weighted by molar-refractivity contribution is 7.09. The first-order chi connectivity index (χ1) is 13.0. The lowest BCUT2D eigenvalue weighted by Gasteiger charge is -2.22. The number of thiazole rings is 1. The predicted molar refractivity (Wildman–Crippen MR) is 109 cm³/mol. The zero-order valence-corrected chi connectivity index (χ0v) is 16.4. The summed E-state index contributed by atoms with van der Waals surface area (Å²) in [7, 11) is 0. The molecule has 5 heteroatoms. The summed E-state index contributed by atoms with van der Waals surface area (Å²) in [5.74, 6) is -0.283. The van der Waals surface area contributed by atoms with Gasteiger partial charge in [-0.1, -0.05) is 29.8 Å². The van der Waals surface area contributed by atoms with Gasteiger partial charge in [0.2, 0.25) is 5.91 Å². The van der Waals surface area contributed by atoms with Crippen molar-refractivity contribution in [2.24, 2.45) is 0 Å². The Morgan fingerprint density at radius 1 is 1.07 bits per heavy atom. The van der Waals surface area contributed by atoms with Gasteiger partial charge >= 0.3 is 0 Å². The first-order valence-electron chi connectivity index (χ1n) is 9.04. The maximum atomic E-state index is 13.3. The number of nitrogens with zero attached hydrogens (tertiary/aromatic N) is 2. The first-order valence-corrected chi connectivity index (χ1v) is 9.92. The summed E-state index contributed by atoms with van der Waals surface area (Å²) in [4.78, 5) is 19.1. The number of benzene rings is 2. The number of aromatic nitrogens is 1. The van der Waals surface area contributed by atoms with E-state index in [0.29, 0.717) is 18.7 Å². The van der Waals surface area contributed by atoms with E-state index in [-0.39, 0.29) is 11.7 Å². The summed E-state index contributed by atoms with van der Waals surface area (Å²) in [6.45, 7) is 4.41. The van der Waals surface area contributed by atoms with Crippen molar-refractivity contribution in [3.05, 3.63) is 81.6 Å². The van der Waals surface area contributed by atoms with Gasteiger partial charge in [0.05, 0.1) is 17.2 Å². The van der Waals surface area contributed by atoms with Crippen molar-refractivity contribution < 1.29 is 9.18 Å². The van der Waals surface area contributed by atoms with Gasteiger partial charge in [-0.25, -0.2) is 9.37 Å². The van der Waals surface area contributed by atoms with Crippen molar-refractivity contribution in [2.75, 3.05) is 4.90 Å². The molecule has 0 aliphatic carbocycles. The van der Waals surface area contributed by atoms with E-state index in [1.807, 2.05) is 12.3 Å². The molecule has 0 aliphatic rings. The number of anilines is 1. The third-order valence-electron chi connectivity index (χ3n) is 4.40. The van der Waals surface area contributed by atoms with Crippen LogP contribution >= 0.6 is 11.3 Å². The van der Waals surface area contributed by atoms with E-state index in [4.69, 9.17) is 0 Å². The Morgan fingerprint density at radius 2 is 1.78 bits per heavy atom. The molecule has 0 unspecified atom stereocenters. The fourth-order valence-corrected chi connectivity index (χ4v) is 3.52. The van der Waals surface area contributed by atoms with Crippen LogP contribution in [0.15, 0.2) is 53.9 Å². The van der Waals surface area contributed by atoms with Crippen molar-refractivity contribution in [2.45, 2.75) is 39.7 Å². The summed E-state index contributed by atoms with van der Waals surface area (Å²) in [6.07, 6.45) is 2.07. The van der Waals surface area contributed by atoms with Gasteiger partial charge in [-0.15, -0.1) is 11.3 Å². The van der Waals surface area contributed by atoms with Crippen LogP contribution in [0.1, 0.15) is 34.7 Å². The molecule has 0 saturated heterocycles.